The van der Waals surface area contributed by atoms with Crippen LogP contribution < -0.4 is 3.53 Å². The molecule has 1 aromatic heterocycles. The molecule has 0 atom stereocenters. The molecule has 0 radical (unpaired) electrons. The second-order valence-corrected chi connectivity index (χ2v) is 3.47. The zero-order valence-electron chi connectivity index (χ0n) is 5.54. The molecule has 1 aromatic carbocycles. The Bertz CT molecular complexity index is 371. The topological polar surface area (TPSA) is 24.9 Å². The van der Waals surface area contributed by atoms with Crippen LogP contribution in [0.2, 0.25) is 0 Å². The van der Waals surface area contributed by atoms with Crippen molar-refractivity contribution in [3.8, 4) is 0 Å². The fourth-order valence-corrected chi connectivity index (χ4v) is 2.26. The van der Waals surface area contributed by atoms with Gasteiger partial charge in [0.05, 0.1) is 27.6 Å². The average molecular weight is 276 g/mol. The first kappa shape index (κ1) is 7.30. The van der Waals surface area contributed by atoms with Crippen molar-refractivity contribution in [3.63, 3.8) is 0 Å². The quantitative estimate of drug-likeness (QED) is 0.639. The summed E-state index contributed by atoms with van der Waals surface area (Å²) in [5.74, 6) is 0.964. The molecule has 2 aromatic rings. The van der Waals surface area contributed by atoms with Crippen LogP contribution in [0.5, 0.6) is 0 Å². The number of hydrogen-bond acceptors (Lipinski definition) is 3. The highest BCUT2D eigenvalue weighted by atomic mass is 127. The summed E-state index contributed by atoms with van der Waals surface area (Å²) in [4.78, 5) is 0. The molecular formula is C7H5IN2S. The Balaban J connectivity index is 2.76. The van der Waals surface area contributed by atoms with Crippen molar-refractivity contribution in [2.24, 2.45) is 0 Å². The first-order valence-electron chi connectivity index (χ1n) is 3.13. The van der Waals surface area contributed by atoms with Gasteiger partial charge in [0.2, 0.25) is 0 Å². The first-order valence-corrected chi connectivity index (χ1v) is 4.98. The number of hydrogen-bond donors (Lipinski definition) is 1. The third kappa shape index (κ3) is 1.20. The normalized spacial score (nSPS) is 10.3. The van der Waals surface area contributed by atoms with Crippen molar-refractivity contribution in [2.75, 3.05) is 3.53 Å². The molecule has 2 nitrogen and oxygen atoms in total. The minimum Gasteiger partial charge on any atom is -0.312 e. The van der Waals surface area contributed by atoms with Crippen molar-refractivity contribution < 1.29 is 0 Å². The summed E-state index contributed by atoms with van der Waals surface area (Å²) < 4.78 is 8.48. The van der Waals surface area contributed by atoms with Gasteiger partial charge in [-0.05, 0) is 23.7 Å². The lowest BCUT2D eigenvalue weighted by Crippen LogP contribution is -1.76. The van der Waals surface area contributed by atoms with E-state index < -0.39 is 0 Å². The fourth-order valence-electron chi connectivity index (χ4n) is 0.954. The molecule has 0 fully saturated rings. The SMILES string of the molecule is INc1nsc2ccccc12. The number of rotatable bonds is 1. The smallest absolute Gasteiger partial charge is 0.156 e. The van der Waals surface area contributed by atoms with E-state index in [1.165, 1.54) is 21.6 Å². The summed E-state index contributed by atoms with van der Waals surface area (Å²) >= 11 is 3.61. The number of nitrogens with one attached hydrogen (secondary N) is 1. The molecule has 4 heteroatoms. The molecular weight excluding hydrogens is 271 g/mol. The van der Waals surface area contributed by atoms with Crippen molar-refractivity contribution >= 4 is 50.3 Å². The van der Waals surface area contributed by atoms with Crippen molar-refractivity contribution in [2.45, 2.75) is 0 Å². The Hall–Kier alpha value is -0.360. The fraction of sp³-hybridized carbons (Fsp3) is 0. The van der Waals surface area contributed by atoms with E-state index >= 15 is 0 Å². The van der Waals surface area contributed by atoms with Gasteiger partial charge in [0, 0.05) is 5.39 Å². The third-order valence-electron chi connectivity index (χ3n) is 1.47. The predicted octanol–water partition coefficient (Wildman–Crippen LogP) is 3.06. The maximum absolute atomic E-state index is 4.24. The Morgan fingerprint density at radius 2 is 2.18 bits per heavy atom. The second kappa shape index (κ2) is 2.94. The summed E-state index contributed by atoms with van der Waals surface area (Å²) in [6, 6.07) is 8.19. The van der Waals surface area contributed by atoms with Gasteiger partial charge < -0.3 is 3.53 Å². The molecule has 11 heavy (non-hydrogen) atoms. The Morgan fingerprint density at radius 1 is 1.36 bits per heavy atom. The van der Waals surface area contributed by atoms with Crippen molar-refractivity contribution in [1.82, 2.24) is 4.37 Å². The molecule has 0 spiro atoms. The molecule has 1 N–H and O–H groups in total. The minimum absolute atomic E-state index is 0.964. The zero-order valence-corrected chi connectivity index (χ0v) is 8.52. The minimum atomic E-state index is 0.964. The van der Waals surface area contributed by atoms with Crippen LogP contribution in [0.4, 0.5) is 5.82 Å². The Kier molecular flexibility index (Phi) is 1.95. The summed E-state index contributed by atoms with van der Waals surface area (Å²) in [5, 5.41) is 1.20. The highest BCUT2D eigenvalue weighted by Gasteiger charge is 2.01. The molecule has 0 aliphatic rings. The predicted molar refractivity (Wildman–Crippen MR) is 57.3 cm³/mol. The van der Waals surface area contributed by atoms with Crippen LogP contribution in [0.3, 0.4) is 0 Å². The monoisotopic (exact) mass is 276 g/mol. The van der Waals surface area contributed by atoms with Crippen LogP contribution in [0.1, 0.15) is 0 Å². The van der Waals surface area contributed by atoms with Crippen molar-refractivity contribution in [1.29, 1.82) is 0 Å². The molecule has 0 bridgehead atoms. The highest BCUT2D eigenvalue weighted by molar-refractivity contribution is 14.1. The molecule has 0 saturated carbocycles. The first-order chi connectivity index (χ1) is 5.42. The second-order valence-electron chi connectivity index (χ2n) is 2.12. The van der Waals surface area contributed by atoms with Crippen LogP contribution >= 0.6 is 34.4 Å². The Morgan fingerprint density at radius 3 is 3.00 bits per heavy atom. The maximum Gasteiger partial charge on any atom is 0.156 e. The number of fused-ring (bicyclic) bond motifs is 1. The van der Waals surface area contributed by atoms with Crippen LogP contribution in [-0.2, 0) is 0 Å². The van der Waals surface area contributed by atoms with E-state index in [-0.39, 0.29) is 0 Å². The summed E-state index contributed by atoms with van der Waals surface area (Å²) in [7, 11) is 0. The highest BCUT2D eigenvalue weighted by Crippen LogP contribution is 2.26. The third-order valence-corrected chi connectivity index (χ3v) is 2.80. The van der Waals surface area contributed by atoms with Gasteiger partial charge in [-0.25, -0.2) is 0 Å². The van der Waals surface area contributed by atoms with Crippen LogP contribution in [0.25, 0.3) is 10.1 Å². The molecule has 0 unspecified atom stereocenters. The maximum atomic E-state index is 4.24. The Labute approximate surface area is 82.3 Å². The van der Waals surface area contributed by atoms with Gasteiger partial charge in [0.1, 0.15) is 0 Å². The molecule has 2 rings (SSSR count). The lowest BCUT2D eigenvalue weighted by Gasteiger charge is -1.90. The van der Waals surface area contributed by atoms with E-state index in [0.717, 1.165) is 5.82 Å². The van der Waals surface area contributed by atoms with Gasteiger partial charge in [0.25, 0.3) is 0 Å². The summed E-state index contributed by atoms with van der Waals surface area (Å²) in [6.07, 6.45) is 0. The van der Waals surface area contributed by atoms with Crippen molar-refractivity contribution in [3.05, 3.63) is 24.3 Å². The van der Waals surface area contributed by atoms with Gasteiger partial charge in [-0.3, -0.25) is 0 Å². The van der Waals surface area contributed by atoms with Crippen LogP contribution in [0.15, 0.2) is 24.3 Å². The lowest BCUT2D eigenvalue weighted by molar-refractivity contribution is 1.60. The van der Waals surface area contributed by atoms with E-state index in [9.17, 15) is 0 Å². The molecule has 0 aliphatic heterocycles. The van der Waals surface area contributed by atoms with Gasteiger partial charge >= 0.3 is 0 Å². The van der Waals surface area contributed by atoms with Gasteiger partial charge in [0.15, 0.2) is 5.82 Å². The van der Waals surface area contributed by atoms with E-state index in [2.05, 4.69) is 42.9 Å². The number of benzene rings is 1. The number of nitrogens with zero attached hydrogens (tertiary/aromatic N) is 1. The largest absolute Gasteiger partial charge is 0.312 e. The zero-order chi connectivity index (χ0) is 7.68. The van der Waals surface area contributed by atoms with E-state index in [1.54, 1.807) is 0 Å². The van der Waals surface area contributed by atoms with E-state index in [0.29, 0.717) is 0 Å². The average Bonchev–Trinajstić information content (AvgIpc) is 2.47. The van der Waals surface area contributed by atoms with E-state index in [1.807, 2.05) is 12.1 Å². The van der Waals surface area contributed by atoms with Gasteiger partial charge in [-0.15, -0.1) is 0 Å². The summed E-state index contributed by atoms with van der Waals surface area (Å²) in [5.41, 5.74) is 0. The molecule has 56 valence electrons. The van der Waals surface area contributed by atoms with Gasteiger partial charge in [-0.2, -0.15) is 4.37 Å². The van der Waals surface area contributed by atoms with Crippen LogP contribution in [0, 0.1) is 0 Å². The molecule has 1 heterocycles. The summed E-state index contributed by atoms with van der Waals surface area (Å²) in [6.45, 7) is 0. The molecule has 0 aliphatic carbocycles. The number of anilines is 1. The lowest BCUT2D eigenvalue weighted by atomic mass is 10.3. The standard InChI is InChI=1S/C7H5IN2S/c8-9-7-5-3-1-2-4-6(5)11-10-7/h1-4H,(H,9,10). The molecule has 0 amide bonds. The van der Waals surface area contributed by atoms with Crippen LogP contribution in [-0.4, -0.2) is 4.37 Å². The van der Waals surface area contributed by atoms with E-state index in [4.69, 9.17) is 0 Å². The van der Waals surface area contributed by atoms with Gasteiger partial charge in [-0.1, -0.05) is 12.1 Å². The number of aromatic nitrogens is 1. The molecule has 0 saturated heterocycles. The number of halogens is 1.